The van der Waals surface area contributed by atoms with E-state index in [-0.39, 0.29) is 17.9 Å². The van der Waals surface area contributed by atoms with Crippen LogP contribution in [0.5, 0.6) is 0 Å². The average Bonchev–Trinajstić information content (AvgIpc) is 3.02. The molecule has 1 aromatic rings. The standard InChI is InChI=1S/C15H19N3O3/c1-9-14(19)17-6-2-3-12(17)15(20)18(9)8-11-7-13(21-16-11)10-4-5-10/h7,9-10,12H,2-6,8H2,1H3/t9-,12+/m0/s1. The van der Waals surface area contributed by atoms with Gasteiger partial charge in [0.05, 0.1) is 6.54 Å². The summed E-state index contributed by atoms with van der Waals surface area (Å²) in [6, 6.07) is 1.26. The van der Waals surface area contributed by atoms with Crippen molar-refractivity contribution in [2.24, 2.45) is 0 Å². The van der Waals surface area contributed by atoms with Crippen molar-refractivity contribution in [3.63, 3.8) is 0 Å². The monoisotopic (exact) mass is 289 g/mol. The lowest BCUT2D eigenvalue weighted by Crippen LogP contribution is -2.61. The van der Waals surface area contributed by atoms with E-state index in [1.54, 1.807) is 16.7 Å². The van der Waals surface area contributed by atoms with Crippen molar-refractivity contribution in [2.45, 2.75) is 57.2 Å². The molecular formula is C15H19N3O3. The van der Waals surface area contributed by atoms with Crippen molar-refractivity contribution in [2.75, 3.05) is 6.54 Å². The Kier molecular flexibility index (Phi) is 2.80. The summed E-state index contributed by atoms with van der Waals surface area (Å²) in [7, 11) is 0. The molecule has 0 aromatic carbocycles. The third kappa shape index (κ3) is 2.04. The Balaban J connectivity index is 1.54. The second-order valence-corrected chi connectivity index (χ2v) is 6.33. The van der Waals surface area contributed by atoms with Gasteiger partial charge in [0.15, 0.2) is 0 Å². The third-order valence-electron chi connectivity index (χ3n) is 4.82. The molecule has 21 heavy (non-hydrogen) atoms. The summed E-state index contributed by atoms with van der Waals surface area (Å²) in [4.78, 5) is 28.4. The maximum atomic E-state index is 12.6. The average molecular weight is 289 g/mol. The first-order chi connectivity index (χ1) is 10.1. The summed E-state index contributed by atoms with van der Waals surface area (Å²) < 4.78 is 5.33. The van der Waals surface area contributed by atoms with E-state index in [0.717, 1.165) is 37.1 Å². The topological polar surface area (TPSA) is 66.7 Å². The Bertz CT molecular complexity index is 593. The molecule has 3 heterocycles. The van der Waals surface area contributed by atoms with Gasteiger partial charge in [-0.2, -0.15) is 0 Å². The Morgan fingerprint density at radius 3 is 2.86 bits per heavy atom. The van der Waals surface area contributed by atoms with Crippen LogP contribution in [0.25, 0.3) is 0 Å². The van der Waals surface area contributed by atoms with Crippen molar-refractivity contribution in [3.05, 3.63) is 17.5 Å². The van der Waals surface area contributed by atoms with E-state index in [9.17, 15) is 9.59 Å². The number of carbonyl (C=O) groups is 2. The number of aromatic nitrogens is 1. The van der Waals surface area contributed by atoms with Gasteiger partial charge < -0.3 is 14.3 Å². The summed E-state index contributed by atoms with van der Waals surface area (Å²) in [5.41, 5.74) is 0.747. The van der Waals surface area contributed by atoms with Crippen LogP contribution in [0.4, 0.5) is 0 Å². The van der Waals surface area contributed by atoms with Gasteiger partial charge in [0.2, 0.25) is 11.8 Å². The van der Waals surface area contributed by atoms with Crippen LogP contribution in [0.1, 0.15) is 50.0 Å². The molecule has 4 rings (SSSR count). The van der Waals surface area contributed by atoms with E-state index >= 15 is 0 Å². The number of amides is 2. The van der Waals surface area contributed by atoms with Crippen molar-refractivity contribution >= 4 is 11.8 Å². The molecule has 3 fully saturated rings. The van der Waals surface area contributed by atoms with E-state index in [1.807, 2.05) is 6.07 Å². The fourth-order valence-electron chi connectivity index (χ4n) is 3.40. The van der Waals surface area contributed by atoms with Gasteiger partial charge in [-0.3, -0.25) is 9.59 Å². The normalized spacial score (nSPS) is 29.2. The largest absolute Gasteiger partial charge is 0.361 e. The fraction of sp³-hybridized carbons (Fsp3) is 0.667. The van der Waals surface area contributed by atoms with Gasteiger partial charge in [-0.15, -0.1) is 0 Å². The zero-order valence-electron chi connectivity index (χ0n) is 12.1. The lowest BCUT2D eigenvalue weighted by atomic mass is 10.1. The summed E-state index contributed by atoms with van der Waals surface area (Å²) in [5, 5.41) is 4.06. The van der Waals surface area contributed by atoms with Gasteiger partial charge in [0.1, 0.15) is 23.5 Å². The highest BCUT2D eigenvalue weighted by molar-refractivity contribution is 5.97. The molecule has 0 unspecified atom stereocenters. The number of hydrogen-bond acceptors (Lipinski definition) is 4. The highest BCUT2D eigenvalue weighted by atomic mass is 16.5. The molecule has 0 radical (unpaired) electrons. The Hall–Kier alpha value is -1.85. The molecule has 3 aliphatic rings. The molecule has 112 valence electrons. The molecule has 2 atom stereocenters. The minimum atomic E-state index is -0.409. The SMILES string of the molecule is C[C@H]1C(=O)N2CCC[C@@H]2C(=O)N1Cc1cc(C2CC2)on1. The van der Waals surface area contributed by atoms with Gasteiger partial charge in [0, 0.05) is 18.5 Å². The van der Waals surface area contributed by atoms with Gasteiger partial charge in [-0.25, -0.2) is 0 Å². The maximum absolute atomic E-state index is 12.6. The summed E-state index contributed by atoms with van der Waals surface area (Å²) >= 11 is 0. The van der Waals surface area contributed by atoms with E-state index < -0.39 is 6.04 Å². The van der Waals surface area contributed by atoms with Gasteiger partial charge in [-0.1, -0.05) is 5.16 Å². The van der Waals surface area contributed by atoms with E-state index in [0.29, 0.717) is 19.0 Å². The molecule has 6 heteroatoms. The van der Waals surface area contributed by atoms with Gasteiger partial charge in [0.25, 0.3) is 0 Å². The molecule has 1 aliphatic carbocycles. The number of rotatable bonds is 3. The van der Waals surface area contributed by atoms with Crippen LogP contribution in [0.3, 0.4) is 0 Å². The quantitative estimate of drug-likeness (QED) is 0.840. The highest BCUT2D eigenvalue weighted by Gasteiger charge is 2.46. The molecule has 1 aromatic heterocycles. The van der Waals surface area contributed by atoms with E-state index in [1.165, 1.54) is 0 Å². The van der Waals surface area contributed by atoms with Crippen molar-refractivity contribution in [3.8, 4) is 0 Å². The second kappa shape index (κ2) is 4.58. The van der Waals surface area contributed by atoms with Crippen LogP contribution >= 0.6 is 0 Å². The minimum Gasteiger partial charge on any atom is -0.361 e. The third-order valence-corrected chi connectivity index (χ3v) is 4.82. The Labute approximate surface area is 123 Å². The smallest absolute Gasteiger partial charge is 0.246 e. The maximum Gasteiger partial charge on any atom is 0.246 e. The van der Waals surface area contributed by atoms with Crippen LogP contribution in [0, 0.1) is 0 Å². The first kappa shape index (κ1) is 12.9. The number of carbonyl (C=O) groups excluding carboxylic acids is 2. The second-order valence-electron chi connectivity index (χ2n) is 6.33. The molecule has 2 saturated heterocycles. The van der Waals surface area contributed by atoms with Crippen LogP contribution in [0.2, 0.25) is 0 Å². The molecule has 0 N–H and O–H groups in total. The molecule has 0 bridgehead atoms. The number of nitrogens with zero attached hydrogens (tertiary/aromatic N) is 3. The molecule has 2 amide bonds. The van der Waals surface area contributed by atoms with Crippen molar-refractivity contribution in [1.29, 1.82) is 0 Å². The van der Waals surface area contributed by atoms with Crippen LogP contribution < -0.4 is 0 Å². The lowest BCUT2D eigenvalue weighted by molar-refractivity contribution is -0.159. The predicted octanol–water partition coefficient (Wildman–Crippen LogP) is 1.27. The van der Waals surface area contributed by atoms with E-state index in [2.05, 4.69) is 5.16 Å². The summed E-state index contributed by atoms with van der Waals surface area (Å²) in [5.74, 6) is 1.53. The molecular weight excluding hydrogens is 270 g/mol. The van der Waals surface area contributed by atoms with Gasteiger partial charge >= 0.3 is 0 Å². The number of piperazine rings is 1. The minimum absolute atomic E-state index is 0.0515. The highest BCUT2D eigenvalue weighted by Crippen LogP contribution is 2.40. The van der Waals surface area contributed by atoms with Crippen LogP contribution in [0.15, 0.2) is 10.6 Å². The summed E-state index contributed by atoms with van der Waals surface area (Å²) in [6.07, 6.45) is 4.00. The van der Waals surface area contributed by atoms with Crippen molar-refractivity contribution in [1.82, 2.24) is 15.0 Å². The van der Waals surface area contributed by atoms with Gasteiger partial charge in [-0.05, 0) is 32.6 Å². The Morgan fingerprint density at radius 1 is 1.29 bits per heavy atom. The number of fused-ring (bicyclic) bond motifs is 1. The zero-order valence-corrected chi connectivity index (χ0v) is 12.1. The fourth-order valence-corrected chi connectivity index (χ4v) is 3.40. The molecule has 0 spiro atoms. The van der Waals surface area contributed by atoms with Crippen LogP contribution in [-0.4, -0.2) is 45.4 Å². The summed E-state index contributed by atoms with van der Waals surface area (Å²) in [6.45, 7) is 2.88. The molecule has 2 aliphatic heterocycles. The predicted molar refractivity (Wildman–Crippen MR) is 73.2 cm³/mol. The molecule has 6 nitrogen and oxygen atoms in total. The zero-order chi connectivity index (χ0) is 14.6. The van der Waals surface area contributed by atoms with Crippen molar-refractivity contribution < 1.29 is 14.1 Å². The first-order valence-electron chi connectivity index (χ1n) is 7.71. The first-order valence-corrected chi connectivity index (χ1v) is 7.71. The molecule has 1 saturated carbocycles. The lowest BCUT2D eigenvalue weighted by Gasteiger charge is -2.40. The van der Waals surface area contributed by atoms with E-state index in [4.69, 9.17) is 4.52 Å². The number of hydrogen-bond donors (Lipinski definition) is 0. The van der Waals surface area contributed by atoms with Crippen LogP contribution in [-0.2, 0) is 16.1 Å². The Morgan fingerprint density at radius 2 is 2.10 bits per heavy atom.